The van der Waals surface area contributed by atoms with Gasteiger partial charge in [0.05, 0.1) is 6.33 Å². The molecule has 0 aliphatic heterocycles. The van der Waals surface area contributed by atoms with Crippen LogP contribution in [-0.4, -0.2) is 39.3 Å². The van der Waals surface area contributed by atoms with Crippen LogP contribution >= 0.6 is 0 Å². The minimum atomic E-state index is -1.19. The van der Waals surface area contributed by atoms with E-state index in [9.17, 15) is 9.28 Å². The molecule has 0 bridgehead atoms. The molecule has 72 valence electrons. The lowest BCUT2D eigenvalue weighted by atomic mass is 10.2. The fourth-order valence-corrected chi connectivity index (χ4v) is 0.970. The van der Waals surface area contributed by atoms with Crippen molar-refractivity contribution in [3.63, 3.8) is 0 Å². The number of rotatable bonds is 4. The van der Waals surface area contributed by atoms with E-state index in [0.29, 0.717) is 5.69 Å². The highest BCUT2D eigenvalue weighted by molar-refractivity contribution is 5.73. The Labute approximate surface area is 74.1 Å². The van der Waals surface area contributed by atoms with Crippen molar-refractivity contribution in [2.24, 2.45) is 0 Å². The summed E-state index contributed by atoms with van der Waals surface area (Å²) in [5, 5.41) is 8.80. The molecule has 0 aliphatic rings. The van der Waals surface area contributed by atoms with Crippen LogP contribution in [0.1, 0.15) is 5.69 Å². The standard InChI is InChI=1S/C7H10FN3O2/c1-11(8)6(7(12)13)2-5-3-9-4-10-5/h3-4,6H,2H2,1H3,(H,9,10)(H,12,13)/t6-/m0/s1. The fourth-order valence-electron chi connectivity index (χ4n) is 0.970. The van der Waals surface area contributed by atoms with Gasteiger partial charge in [0.15, 0.2) is 0 Å². The van der Waals surface area contributed by atoms with Crippen molar-refractivity contribution in [3.8, 4) is 0 Å². The van der Waals surface area contributed by atoms with E-state index in [0.717, 1.165) is 7.05 Å². The summed E-state index contributed by atoms with van der Waals surface area (Å²) in [5.74, 6) is -1.19. The minimum Gasteiger partial charge on any atom is -0.480 e. The molecule has 1 aromatic heterocycles. The molecule has 0 amide bonds. The maximum Gasteiger partial charge on any atom is 0.324 e. The van der Waals surface area contributed by atoms with Gasteiger partial charge < -0.3 is 10.1 Å². The quantitative estimate of drug-likeness (QED) is 0.661. The number of carboxylic acid groups (broad SMARTS) is 1. The molecule has 0 radical (unpaired) electrons. The fraction of sp³-hybridized carbons (Fsp3) is 0.429. The second kappa shape index (κ2) is 3.99. The number of aromatic amines is 1. The molecular weight excluding hydrogens is 177 g/mol. The van der Waals surface area contributed by atoms with Crippen LogP contribution in [0.15, 0.2) is 12.5 Å². The zero-order chi connectivity index (χ0) is 9.84. The van der Waals surface area contributed by atoms with Gasteiger partial charge in [-0.2, -0.15) is 0 Å². The van der Waals surface area contributed by atoms with Gasteiger partial charge in [0.25, 0.3) is 0 Å². The Morgan fingerprint density at radius 1 is 1.92 bits per heavy atom. The van der Waals surface area contributed by atoms with Crippen molar-refractivity contribution in [2.75, 3.05) is 7.05 Å². The van der Waals surface area contributed by atoms with Crippen LogP contribution in [0.3, 0.4) is 0 Å². The van der Waals surface area contributed by atoms with Gasteiger partial charge in [0, 0.05) is 25.4 Å². The average molecular weight is 187 g/mol. The highest BCUT2D eigenvalue weighted by Gasteiger charge is 2.23. The van der Waals surface area contributed by atoms with E-state index in [1.54, 1.807) is 0 Å². The Kier molecular flexibility index (Phi) is 2.97. The van der Waals surface area contributed by atoms with E-state index >= 15 is 0 Å². The van der Waals surface area contributed by atoms with E-state index in [4.69, 9.17) is 5.11 Å². The molecule has 1 atom stereocenters. The molecule has 0 unspecified atom stereocenters. The molecule has 0 saturated carbocycles. The average Bonchev–Trinajstić information content (AvgIpc) is 2.50. The second-order valence-electron chi connectivity index (χ2n) is 2.66. The number of aromatic nitrogens is 2. The smallest absolute Gasteiger partial charge is 0.324 e. The number of nitrogens with zero attached hydrogens (tertiary/aromatic N) is 2. The van der Waals surface area contributed by atoms with Gasteiger partial charge in [-0.3, -0.25) is 4.79 Å². The van der Waals surface area contributed by atoms with Crippen LogP contribution < -0.4 is 0 Å². The molecule has 1 heterocycles. The zero-order valence-electron chi connectivity index (χ0n) is 7.07. The number of halogens is 1. The molecule has 0 saturated heterocycles. The van der Waals surface area contributed by atoms with Crippen molar-refractivity contribution >= 4 is 5.97 Å². The summed E-state index contributed by atoms with van der Waals surface area (Å²) in [6.07, 6.45) is 2.97. The topological polar surface area (TPSA) is 69.2 Å². The number of likely N-dealkylation sites (N-methyl/N-ethyl adjacent to an activating group) is 1. The van der Waals surface area contributed by atoms with Crippen LogP contribution in [0.25, 0.3) is 0 Å². The lowest BCUT2D eigenvalue weighted by Gasteiger charge is -2.14. The van der Waals surface area contributed by atoms with Crippen LogP contribution in [0.4, 0.5) is 4.48 Å². The Morgan fingerprint density at radius 2 is 2.62 bits per heavy atom. The Morgan fingerprint density at radius 3 is 3.00 bits per heavy atom. The van der Waals surface area contributed by atoms with Crippen LogP contribution in [-0.2, 0) is 11.2 Å². The first kappa shape index (κ1) is 9.66. The van der Waals surface area contributed by atoms with Gasteiger partial charge >= 0.3 is 5.97 Å². The lowest BCUT2D eigenvalue weighted by Crippen LogP contribution is -2.35. The minimum absolute atomic E-state index is 0.0718. The summed E-state index contributed by atoms with van der Waals surface area (Å²) in [6, 6.07) is -1.17. The number of carboxylic acids is 1. The number of aliphatic carboxylic acids is 1. The van der Waals surface area contributed by atoms with E-state index in [-0.39, 0.29) is 11.5 Å². The first-order chi connectivity index (χ1) is 6.11. The summed E-state index contributed by atoms with van der Waals surface area (Å²) < 4.78 is 12.6. The maximum atomic E-state index is 12.6. The van der Waals surface area contributed by atoms with Crippen molar-refractivity contribution in [1.82, 2.24) is 15.1 Å². The molecule has 0 aliphatic carbocycles. The third-order valence-electron chi connectivity index (χ3n) is 1.68. The van der Waals surface area contributed by atoms with Gasteiger partial charge in [-0.25, -0.2) is 4.98 Å². The van der Waals surface area contributed by atoms with E-state index in [2.05, 4.69) is 9.97 Å². The normalized spacial score (nSPS) is 13.2. The molecule has 1 aromatic rings. The van der Waals surface area contributed by atoms with E-state index in [1.807, 2.05) is 0 Å². The van der Waals surface area contributed by atoms with Crippen molar-refractivity contribution < 1.29 is 14.4 Å². The van der Waals surface area contributed by atoms with Gasteiger partial charge in [-0.05, 0) is 0 Å². The zero-order valence-corrected chi connectivity index (χ0v) is 7.07. The largest absolute Gasteiger partial charge is 0.480 e. The molecule has 0 aromatic carbocycles. The summed E-state index contributed by atoms with van der Waals surface area (Å²) in [5.41, 5.74) is 0.594. The molecule has 0 spiro atoms. The van der Waals surface area contributed by atoms with Crippen LogP contribution in [0, 0.1) is 0 Å². The first-order valence-corrected chi connectivity index (χ1v) is 3.70. The third kappa shape index (κ3) is 2.51. The third-order valence-corrected chi connectivity index (χ3v) is 1.68. The molecule has 2 N–H and O–H groups in total. The van der Waals surface area contributed by atoms with Crippen molar-refractivity contribution in [3.05, 3.63) is 18.2 Å². The second-order valence-corrected chi connectivity index (χ2v) is 2.66. The summed E-state index contributed by atoms with van der Waals surface area (Å²) in [7, 11) is 1.08. The van der Waals surface area contributed by atoms with Gasteiger partial charge in [0.1, 0.15) is 6.04 Å². The van der Waals surface area contributed by atoms with Crippen LogP contribution in [0.5, 0.6) is 0 Å². The molecule has 1 rings (SSSR count). The number of hydrogen-bond acceptors (Lipinski definition) is 3. The Bertz CT molecular complexity index is 273. The molecular formula is C7H10FN3O2. The van der Waals surface area contributed by atoms with Gasteiger partial charge in [-0.1, -0.05) is 0 Å². The summed E-state index contributed by atoms with van der Waals surface area (Å²) >= 11 is 0. The number of imidazole rings is 1. The molecule has 6 heteroatoms. The van der Waals surface area contributed by atoms with Crippen LogP contribution in [0.2, 0.25) is 0 Å². The number of hydrogen-bond donors (Lipinski definition) is 2. The van der Waals surface area contributed by atoms with Gasteiger partial charge in [0.2, 0.25) is 0 Å². The van der Waals surface area contributed by atoms with Crippen molar-refractivity contribution in [2.45, 2.75) is 12.5 Å². The summed E-state index contributed by atoms with van der Waals surface area (Å²) in [6.45, 7) is 0. The highest BCUT2D eigenvalue weighted by atomic mass is 19.2. The maximum absolute atomic E-state index is 12.6. The molecule has 5 nitrogen and oxygen atoms in total. The van der Waals surface area contributed by atoms with E-state index < -0.39 is 12.0 Å². The molecule has 13 heavy (non-hydrogen) atoms. The van der Waals surface area contributed by atoms with Gasteiger partial charge in [-0.15, -0.1) is 9.60 Å². The van der Waals surface area contributed by atoms with E-state index in [1.165, 1.54) is 12.5 Å². The SMILES string of the molecule is CN(F)[C@@H](Cc1cnc[nH]1)C(=O)O. The lowest BCUT2D eigenvalue weighted by molar-refractivity contribution is -0.149. The Balaban J connectivity index is 2.63. The predicted octanol–water partition coefficient (Wildman–Crippen LogP) is 0.222. The summed E-state index contributed by atoms with van der Waals surface area (Å²) in [4.78, 5) is 17.0. The predicted molar refractivity (Wildman–Crippen MR) is 42.6 cm³/mol. The monoisotopic (exact) mass is 187 g/mol. The Hall–Kier alpha value is -1.43. The number of carbonyl (C=O) groups is 1. The molecule has 0 fully saturated rings. The number of nitrogens with one attached hydrogen (secondary N) is 1. The van der Waals surface area contributed by atoms with Crippen molar-refractivity contribution in [1.29, 1.82) is 0 Å². The highest BCUT2D eigenvalue weighted by Crippen LogP contribution is 2.05. The first-order valence-electron chi connectivity index (χ1n) is 3.70. The number of H-pyrrole nitrogens is 1.